The molecule has 2 saturated carbocycles. The van der Waals surface area contributed by atoms with Crippen molar-refractivity contribution in [2.24, 2.45) is 17.3 Å². The normalized spacial score (nSPS) is 37.1. The number of aliphatic hydroxyl groups excluding tert-OH is 1. The van der Waals surface area contributed by atoms with Crippen molar-refractivity contribution in [3.05, 3.63) is 42.6 Å². The predicted octanol–water partition coefficient (Wildman–Crippen LogP) is 4.58. The van der Waals surface area contributed by atoms with E-state index in [1.807, 2.05) is 6.20 Å². The van der Waals surface area contributed by atoms with Crippen LogP contribution < -0.4 is 0 Å². The Morgan fingerprint density at radius 1 is 1.21 bits per heavy atom. The first-order valence-electron chi connectivity index (χ1n) is 9.31. The number of hydrogen-bond donors (Lipinski definition) is 2. The van der Waals surface area contributed by atoms with Crippen LogP contribution in [0.4, 0.5) is 0 Å². The zero-order valence-electron chi connectivity index (χ0n) is 14.6. The number of aromatic nitrogens is 2. The molecule has 0 amide bonds. The Labute approximate surface area is 144 Å². The van der Waals surface area contributed by atoms with E-state index in [4.69, 9.17) is 0 Å². The van der Waals surface area contributed by atoms with Gasteiger partial charge in [-0.15, -0.1) is 13.2 Å². The molecule has 5 atom stereocenters. The largest absolute Gasteiger partial charge is 0.393 e. The molecule has 5 rings (SSSR count). The van der Waals surface area contributed by atoms with Crippen LogP contribution in [0.2, 0.25) is 0 Å². The molecule has 2 aromatic rings. The number of nitrogens with one attached hydrogen (secondary N) is 1. The van der Waals surface area contributed by atoms with E-state index in [2.05, 4.69) is 42.4 Å². The summed E-state index contributed by atoms with van der Waals surface area (Å²) in [6.45, 7) is 8.35. The molecule has 5 unspecified atom stereocenters. The van der Waals surface area contributed by atoms with E-state index in [1.165, 1.54) is 48.6 Å². The van der Waals surface area contributed by atoms with Crippen molar-refractivity contribution in [2.75, 3.05) is 0 Å². The number of hydrogen-bond acceptors (Lipinski definition) is 2. The maximum absolute atomic E-state index is 10.5. The van der Waals surface area contributed by atoms with Crippen molar-refractivity contribution in [3.63, 3.8) is 0 Å². The molecule has 2 N–H and O–H groups in total. The van der Waals surface area contributed by atoms with Crippen molar-refractivity contribution in [2.45, 2.75) is 57.5 Å². The molecular formula is C21H28N2O. The van der Waals surface area contributed by atoms with E-state index in [0.29, 0.717) is 5.92 Å². The van der Waals surface area contributed by atoms with E-state index in [-0.39, 0.29) is 11.5 Å². The van der Waals surface area contributed by atoms with Crippen LogP contribution in [0.25, 0.3) is 10.9 Å². The van der Waals surface area contributed by atoms with E-state index in [1.54, 1.807) is 5.56 Å². The fourth-order valence-corrected chi connectivity index (χ4v) is 6.08. The molecule has 128 valence electrons. The summed E-state index contributed by atoms with van der Waals surface area (Å²) in [4.78, 5) is 0. The van der Waals surface area contributed by atoms with Gasteiger partial charge in [0.15, 0.2) is 0 Å². The summed E-state index contributed by atoms with van der Waals surface area (Å²) in [6, 6.07) is 4.56. The predicted molar refractivity (Wildman–Crippen MR) is 98.0 cm³/mol. The third-order valence-electron chi connectivity index (χ3n) is 7.29. The minimum absolute atomic E-state index is 0.0730. The lowest BCUT2D eigenvalue weighted by Gasteiger charge is -2.50. The highest BCUT2D eigenvalue weighted by Crippen LogP contribution is 2.61. The minimum atomic E-state index is -0.0730. The summed E-state index contributed by atoms with van der Waals surface area (Å²) in [6.07, 6.45) is 9.05. The van der Waals surface area contributed by atoms with Gasteiger partial charge in [0, 0.05) is 5.39 Å². The molecule has 3 aliphatic carbocycles. The number of benzene rings is 1. The molecule has 1 aromatic heterocycles. The van der Waals surface area contributed by atoms with E-state index in [0.717, 1.165) is 18.3 Å². The molecule has 3 heteroatoms. The first-order valence-corrected chi connectivity index (χ1v) is 9.31. The third-order valence-corrected chi connectivity index (χ3v) is 7.29. The quantitative estimate of drug-likeness (QED) is 0.697. The smallest absolute Gasteiger partial charge is 0.0653 e. The zero-order valence-corrected chi connectivity index (χ0v) is 14.6. The summed E-state index contributed by atoms with van der Waals surface area (Å²) in [5.41, 5.74) is 4.47. The lowest BCUT2D eigenvalue weighted by atomic mass is 9.55. The van der Waals surface area contributed by atoms with Crippen LogP contribution in [-0.2, 0) is 6.42 Å². The van der Waals surface area contributed by atoms with Crippen LogP contribution >= 0.6 is 0 Å². The topological polar surface area (TPSA) is 48.9 Å². The number of aromatic amines is 1. The van der Waals surface area contributed by atoms with Gasteiger partial charge in [-0.25, -0.2) is 0 Å². The number of H-pyrrole nitrogens is 1. The Bertz CT molecular complexity index is 751. The number of nitrogens with zero attached hydrogens (tertiary/aromatic N) is 1. The molecule has 0 saturated heterocycles. The van der Waals surface area contributed by atoms with Crippen LogP contribution in [0.1, 0.15) is 56.1 Å². The van der Waals surface area contributed by atoms with Gasteiger partial charge in [0.25, 0.3) is 0 Å². The first kappa shape index (κ1) is 15.9. The molecule has 0 bridgehead atoms. The van der Waals surface area contributed by atoms with Gasteiger partial charge < -0.3 is 5.11 Å². The highest BCUT2D eigenvalue weighted by Gasteiger charge is 2.54. The standard InChI is InChI=1S/C19H24N2O.C2H4/c1-19-9-8-13-11-4-6-17-15(10-20-21-17)12(11)2-3-14(13)16(19)5-7-18(19)22;1-2/h4,6,10,13-14,16,18,22H,2-3,5,7-9H2,1H3,(H,20,21);1-2H2. The maximum Gasteiger partial charge on any atom is 0.0653 e. The van der Waals surface area contributed by atoms with Gasteiger partial charge >= 0.3 is 0 Å². The lowest BCUT2D eigenvalue weighted by molar-refractivity contribution is -0.0225. The van der Waals surface area contributed by atoms with Crippen LogP contribution in [0, 0.1) is 17.3 Å². The summed E-state index contributed by atoms with van der Waals surface area (Å²) in [7, 11) is 0. The van der Waals surface area contributed by atoms with Gasteiger partial charge in [0.2, 0.25) is 0 Å². The second-order valence-electron chi connectivity index (χ2n) is 8.02. The highest BCUT2D eigenvalue weighted by atomic mass is 16.3. The average Bonchev–Trinajstić information content (AvgIpc) is 3.21. The van der Waals surface area contributed by atoms with Crippen LogP contribution in [0.15, 0.2) is 31.5 Å². The zero-order chi connectivity index (χ0) is 16.9. The van der Waals surface area contributed by atoms with Crippen LogP contribution in [-0.4, -0.2) is 21.4 Å². The molecular weight excluding hydrogens is 296 g/mol. The first-order chi connectivity index (χ1) is 11.7. The Hall–Kier alpha value is -1.61. The second-order valence-corrected chi connectivity index (χ2v) is 8.02. The van der Waals surface area contributed by atoms with E-state index >= 15 is 0 Å². The van der Waals surface area contributed by atoms with Crippen molar-refractivity contribution >= 4 is 10.9 Å². The number of aryl methyl sites for hydroxylation is 1. The van der Waals surface area contributed by atoms with Crippen LogP contribution in [0.5, 0.6) is 0 Å². The lowest BCUT2D eigenvalue weighted by Crippen LogP contribution is -2.43. The van der Waals surface area contributed by atoms with E-state index in [9.17, 15) is 5.11 Å². The Kier molecular flexibility index (Phi) is 3.80. The molecule has 0 spiro atoms. The van der Waals surface area contributed by atoms with E-state index < -0.39 is 0 Å². The van der Waals surface area contributed by atoms with Crippen molar-refractivity contribution in [1.29, 1.82) is 0 Å². The van der Waals surface area contributed by atoms with Crippen molar-refractivity contribution in [3.8, 4) is 0 Å². The monoisotopic (exact) mass is 324 g/mol. The van der Waals surface area contributed by atoms with Gasteiger partial charge in [0.05, 0.1) is 17.8 Å². The number of rotatable bonds is 0. The molecule has 1 aromatic carbocycles. The van der Waals surface area contributed by atoms with Crippen molar-refractivity contribution < 1.29 is 5.11 Å². The van der Waals surface area contributed by atoms with Gasteiger partial charge in [-0.05, 0) is 78.9 Å². The minimum Gasteiger partial charge on any atom is -0.393 e. The second kappa shape index (κ2) is 5.73. The van der Waals surface area contributed by atoms with Gasteiger partial charge in [-0.1, -0.05) is 13.0 Å². The molecule has 2 fully saturated rings. The SMILES string of the molecule is C=C.CC12CCC3c4ccc5[nH]ncc5c4CCC3C1CCC2O. The van der Waals surface area contributed by atoms with Gasteiger partial charge in [0.1, 0.15) is 0 Å². The summed E-state index contributed by atoms with van der Waals surface area (Å²) >= 11 is 0. The number of fused-ring (bicyclic) bond motifs is 7. The maximum atomic E-state index is 10.5. The van der Waals surface area contributed by atoms with Crippen molar-refractivity contribution in [1.82, 2.24) is 10.2 Å². The van der Waals surface area contributed by atoms with Gasteiger partial charge in [-0.3, -0.25) is 5.10 Å². The molecule has 24 heavy (non-hydrogen) atoms. The fraction of sp³-hybridized carbons (Fsp3) is 0.571. The Morgan fingerprint density at radius 2 is 2.04 bits per heavy atom. The molecule has 0 aliphatic heterocycles. The molecule has 1 heterocycles. The fourth-order valence-electron chi connectivity index (χ4n) is 6.08. The Balaban J connectivity index is 0.000000704. The summed E-state index contributed by atoms with van der Waals surface area (Å²) < 4.78 is 0. The molecule has 3 nitrogen and oxygen atoms in total. The summed E-state index contributed by atoms with van der Waals surface area (Å²) in [5, 5.41) is 19.1. The highest BCUT2D eigenvalue weighted by molar-refractivity contribution is 5.83. The number of aliphatic hydroxyl groups is 1. The third kappa shape index (κ3) is 2.03. The van der Waals surface area contributed by atoms with Gasteiger partial charge in [-0.2, -0.15) is 5.10 Å². The Morgan fingerprint density at radius 3 is 2.88 bits per heavy atom. The molecule has 3 aliphatic rings. The molecule has 0 radical (unpaired) electrons. The average molecular weight is 324 g/mol. The summed E-state index contributed by atoms with van der Waals surface area (Å²) in [5.74, 6) is 2.19. The van der Waals surface area contributed by atoms with Crippen LogP contribution in [0.3, 0.4) is 0 Å².